The Balaban J connectivity index is 1.69. The minimum Gasteiger partial charge on any atom is -0.469 e. The second-order valence-corrected chi connectivity index (χ2v) is 6.96. The van der Waals surface area contributed by atoms with Gasteiger partial charge in [-0.05, 0) is 24.6 Å². The van der Waals surface area contributed by atoms with Crippen molar-refractivity contribution in [2.45, 2.75) is 25.9 Å². The Bertz CT molecular complexity index is 819. The molecule has 7 heteroatoms. The van der Waals surface area contributed by atoms with Crippen molar-refractivity contribution in [3.05, 3.63) is 60.1 Å². The molecule has 1 saturated heterocycles. The molecule has 1 N–H and O–H groups in total. The first-order chi connectivity index (χ1) is 13.5. The summed E-state index contributed by atoms with van der Waals surface area (Å²) >= 11 is 0. The lowest BCUT2D eigenvalue weighted by Gasteiger charge is -2.25. The Labute approximate surface area is 163 Å². The molecule has 0 radical (unpaired) electrons. The van der Waals surface area contributed by atoms with Crippen molar-refractivity contribution in [3.63, 3.8) is 0 Å². The third-order valence-corrected chi connectivity index (χ3v) is 5.04. The zero-order valence-electron chi connectivity index (χ0n) is 16.0. The van der Waals surface area contributed by atoms with Gasteiger partial charge in [-0.25, -0.2) is 0 Å². The Morgan fingerprint density at radius 3 is 2.64 bits per heavy atom. The van der Waals surface area contributed by atoms with Gasteiger partial charge in [0.05, 0.1) is 37.8 Å². The summed E-state index contributed by atoms with van der Waals surface area (Å²) in [6, 6.07) is 12.3. The fraction of sp³-hybridized carbons (Fsp3) is 0.381. The Hall–Kier alpha value is -3.09. The monoisotopic (exact) mass is 384 g/mol. The van der Waals surface area contributed by atoms with Gasteiger partial charge in [-0.15, -0.1) is 0 Å². The molecular formula is C21H24N2O5. The summed E-state index contributed by atoms with van der Waals surface area (Å²) in [7, 11) is 1.32. The lowest BCUT2D eigenvalue weighted by molar-refractivity contribution is -0.146. The third kappa shape index (κ3) is 4.42. The van der Waals surface area contributed by atoms with Crippen LogP contribution in [-0.4, -0.2) is 36.3 Å². The second kappa shape index (κ2) is 8.73. The van der Waals surface area contributed by atoms with E-state index in [0.717, 1.165) is 5.56 Å². The molecule has 28 heavy (non-hydrogen) atoms. The number of nitrogens with one attached hydrogen (secondary N) is 1. The average molecular weight is 384 g/mol. The number of amides is 2. The van der Waals surface area contributed by atoms with Gasteiger partial charge in [-0.3, -0.25) is 14.4 Å². The van der Waals surface area contributed by atoms with Crippen LogP contribution in [0, 0.1) is 11.8 Å². The first-order valence-electron chi connectivity index (χ1n) is 9.23. The van der Waals surface area contributed by atoms with Crippen molar-refractivity contribution in [1.82, 2.24) is 10.2 Å². The van der Waals surface area contributed by atoms with Crippen LogP contribution < -0.4 is 5.32 Å². The van der Waals surface area contributed by atoms with Crippen LogP contribution in [0.1, 0.15) is 30.7 Å². The first kappa shape index (κ1) is 19.7. The smallest absolute Gasteiger partial charge is 0.310 e. The topological polar surface area (TPSA) is 88.8 Å². The van der Waals surface area contributed by atoms with Crippen molar-refractivity contribution in [3.8, 4) is 0 Å². The van der Waals surface area contributed by atoms with Gasteiger partial charge >= 0.3 is 5.97 Å². The van der Waals surface area contributed by atoms with E-state index in [2.05, 4.69) is 5.32 Å². The van der Waals surface area contributed by atoms with E-state index in [4.69, 9.17) is 9.15 Å². The Morgan fingerprint density at radius 2 is 2.00 bits per heavy atom. The highest BCUT2D eigenvalue weighted by molar-refractivity contribution is 5.89. The molecule has 3 atom stereocenters. The van der Waals surface area contributed by atoms with Gasteiger partial charge in [0.25, 0.3) is 0 Å². The van der Waals surface area contributed by atoms with Crippen molar-refractivity contribution < 1.29 is 23.5 Å². The van der Waals surface area contributed by atoms with Gasteiger partial charge in [-0.2, -0.15) is 0 Å². The molecule has 148 valence electrons. The summed E-state index contributed by atoms with van der Waals surface area (Å²) in [5.74, 6) is -1.10. The quantitative estimate of drug-likeness (QED) is 0.740. The Morgan fingerprint density at radius 1 is 1.25 bits per heavy atom. The van der Waals surface area contributed by atoms with Crippen molar-refractivity contribution in [2.75, 3.05) is 13.7 Å². The lowest BCUT2D eigenvalue weighted by Crippen LogP contribution is -2.40. The van der Waals surface area contributed by atoms with E-state index in [1.54, 1.807) is 30.2 Å². The van der Waals surface area contributed by atoms with E-state index in [1.165, 1.54) is 7.11 Å². The van der Waals surface area contributed by atoms with Gasteiger partial charge in [0.15, 0.2) is 0 Å². The standard InChI is InChI=1S/C21H24N2O5/c1-14(21(26)27-2)19(15-7-4-3-5-8-15)22-20(25)16-11-18(24)23(12-16)13-17-9-6-10-28-17/h3-10,14,16,19H,11-13H2,1-2H3,(H,22,25). The van der Waals surface area contributed by atoms with Crippen LogP contribution >= 0.6 is 0 Å². The van der Waals surface area contributed by atoms with Gasteiger partial charge in [0.2, 0.25) is 11.8 Å². The minimum absolute atomic E-state index is 0.0890. The number of ether oxygens (including phenoxy) is 1. The van der Waals surface area contributed by atoms with Crippen molar-refractivity contribution in [2.24, 2.45) is 11.8 Å². The summed E-state index contributed by atoms with van der Waals surface area (Å²) in [5, 5.41) is 2.95. The fourth-order valence-electron chi connectivity index (χ4n) is 3.44. The van der Waals surface area contributed by atoms with Gasteiger partial charge in [0, 0.05) is 13.0 Å². The molecule has 0 bridgehead atoms. The zero-order valence-corrected chi connectivity index (χ0v) is 16.0. The van der Waals surface area contributed by atoms with E-state index < -0.39 is 23.8 Å². The summed E-state index contributed by atoms with van der Waals surface area (Å²) in [6.45, 7) is 2.38. The lowest BCUT2D eigenvalue weighted by atomic mass is 9.93. The zero-order chi connectivity index (χ0) is 20.1. The van der Waals surface area contributed by atoms with Crippen LogP contribution in [0.3, 0.4) is 0 Å². The van der Waals surface area contributed by atoms with Crippen LogP contribution in [0.15, 0.2) is 53.1 Å². The molecule has 1 aliphatic heterocycles. The maximum Gasteiger partial charge on any atom is 0.310 e. The van der Waals surface area contributed by atoms with Gasteiger partial charge in [0.1, 0.15) is 5.76 Å². The number of furan rings is 1. The SMILES string of the molecule is COC(=O)C(C)C(NC(=O)C1CC(=O)N(Cc2ccco2)C1)c1ccccc1. The van der Waals surface area contributed by atoms with Crippen LogP contribution in [0.25, 0.3) is 0 Å². The number of carbonyl (C=O) groups is 3. The van der Waals surface area contributed by atoms with E-state index >= 15 is 0 Å². The number of carbonyl (C=O) groups excluding carboxylic acids is 3. The molecule has 3 rings (SSSR count). The third-order valence-electron chi connectivity index (χ3n) is 5.04. The normalized spacial score (nSPS) is 18.6. The maximum absolute atomic E-state index is 12.9. The molecule has 2 amide bonds. The molecule has 1 aliphatic rings. The van der Waals surface area contributed by atoms with Gasteiger partial charge < -0.3 is 19.4 Å². The second-order valence-electron chi connectivity index (χ2n) is 6.96. The van der Waals surface area contributed by atoms with Crippen molar-refractivity contribution in [1.29, 1.82) is 0 Å². The molecule has 1 aromatic carbocycles. The number of hydrogen-bond acceptors (Lipinski definition) is 5. The fourth-order valence-corrected chi connectivity index (χ4v) is 3.44. The number of rotatable bonds is 7. The number of likely N-dealkylation sites (tertiary alicyclic amines) is 1. The van der Waals surface area contributed by atoms with E-state index in [0.29, 0.717) is 18.8 Å². The van der Waals surface area contributed by atoms with Crippen LogP contribution in [0.2, 0.25) is 0 Å². The molecule has 0 saturated carbocycles. The molecule has 1 fully saturated rings. The summed E-state index contributed by atoms with van der Waals surface area (Å²) in [5.41, 5.74) is 0.811. The van der Waals surface area contributed by atoms with Crippen molar-refractivity contribution >= 4 is 17.8 Å². The van der Waals surface area contributed by atoms with Crippen LogP contribution in [0.4, 0.5) is 0 Å². The number of nitrogens with zero attached hydrogens (tertiary/aromatic N) is 1. The molecule has 1 aromatic heterocycles. The molecule has 0 spiro atoms. The molecule has 2 heterocycles. The van der Waals surface area contributed by atoms with E-state index in [-0.39, 0.29) is 18.2 Å². The molecular weight excluding hydrogens is 360 g/mol. The molecule has 3 unspecified atom stereocenters. The number of benzene rings is 1. The average Bonchev–Trinajstić information content (AvgIpc) is 3.36. The summed E-state index contributed by atoms with van der Waals surface area (Å²) < 4.78 is 10.1. The number of esters is 1. The van der Waals surface area contributed by atoms with E-state index in [1.807, 2.05) is 30.3 Å². The molecule has 0 aliphatic carbocycles. The van der Waals surface area contributed by atoms with Crippen LogP contribution in [-0.2, 0) is 25.7 Å². The summed E-state index contributed by atoms with van der Waals surface area (Å²) in [6.07, 6.45) is 1.69. The highest BCUT2D eigenvalue weighted by Gasteiger charge is 2.37. The highest BCUT2D eigenvalue weighted by Crippen LogP contribution is 2.26. The van der Waals surface area contributed by atoms with Crippen LogP contribution in [0.5, 0.6) is 0 Å². The number of methoxy groups -OCH3 is 1. The predicted molar refractivity (Wildman–Crippen MR) is 101 cm³/mol. The first-order valence-corrected chi connectivity index (χ1v) is 9.23. The van der Waals surface area contributed by atoms with E-state index in [9.17, 15) is 14.4 Å². The summed E-state index contributed by atoms with van der Waals surface area (Å²) in [4.78, 5) is 38.8. The van der Waals surface area contributed by atoms with Gasteiger partial charge in [-0.1, -0.05) is 30.3 Å². The number of hydrogen-bond donors (Lipinski definition) is 1. The predicted octanol–water partition coefficient (Wildman–Crippen LogP) is 2.29. The molecule has 7 nitrogen and oxygen atoms in total. The molecule has 2 aromatic rings. The highest BCUT2D eigenvalue weighted by atomic mass is 16.5. The Kier molecular flexibility index (Phi) is 6.13. The maximum atomic E-state index is 12.9. The minimum atomic E-state index is -0.562. The largest absolute Gasteiger partial charge is 0.469 e.